The van der Waals surface area contributed by atoms with E-state index in [-0.39, 0.29) is 11.9 Å². The summed E-state index contributed by atoms with van der Waals surface area (Å²) in [4.78, 5) is 23.6. The Kier molecular flexibility index (Phi) is 4.28. The first-order valence-electron chi connectivity index (χ1n) is 7.55. The number of nitrogens with one attached hydrogen (secondary N) is 1. The highest BCUT2D eigenvalue weighted by Crippen LogP contribution is 2.25. The maximum absolute atomic E-state index is 12.5. The summed E-state index contributed by atoms with van der Waals surface area (Å²) in [6.07, 6.45) is 1.30. The SMILES string of the molecule is NC(=O)c1ccc(O[C@H](C(=O)NC2CC2)c2ccccc2)cc1. The molecule has 118 valence electrons. The number of nitrogens with two attached hydrogens (primary N) is 1. The van der Waals surface area contributed by atoms with Gasteiger partial charge in [0.2, 0.25) is 12.0 Å². The molecule has 2 aromatic carbocycles. The van der Waals surface area contributed by atoms with Crippen LogP contribution >= 0.6 is 0 Å². The Hall–Kier alpha value is -2.82. The molecule has 1 atom stereocenters. The van der Waals surface area contributed by atoms with E-state index in [2.05, 4.69) is 5.32 Å². The van der Waals surface area contributed by atoms with Crippen molar-refractivity contribution < 1.29 is 14.3 Å². The van der Waals surface area contributed by atoms with Gasteiger partial charge in [0, 0.05) is 17.2 Å². The first kappa shape index (κ1) is 15.1. The number of hydrogen-bond donors (Lipinski definition) is 2. The lowest BCUT2D eigenvalue weighted by atomic mass is 10.1. The highest BCUT2D eigenvalue weighted by atomic mass is 16.5. The van der Waals surface area contributed by atoms with Crippen LogP contribution in [0, 0.1) is 0 Å². The molecule has 2 aromatic rings. The lowest BCUT2D eigenvalue weighted by molar-refractivity contribution is -0.128. The summed E-state index contributed by atoms with van der Waals surface area (Å²) in [6, 6.07) is 16.0. The normalized spacial score (nSPS) is 14.8. The third kappa shape index (κ3) is 3.88. The highest BCUT2D eigenvalue weighted by molar-refractivity contribution is 5.92. The second kappa shape index (κ2) is 6.52. The second-order valence-corrected chi connectivity index (χ2v) is 5.58. The fourth-order valence-electron chi connectivity index (χ4n) is 2.24. The van der Waals surface area contributed by atoms with E-state index in [1.165, 1.54) is 0 Å². The largest absolute Gasteiger partial charge is 0.476 e. The molecule has 3 rings (SSSR count). The molecule has 2 amide bonds. The van der Waals surface area contributed by atoms with Crippen LogP contribution in [0.2, 0.25) is 0 Å². The number of amides is 2. The molecule has 1 fully saturated rings. The van der Waals surface area contributed by atoms with Gasteiger partial charge < -0.3 is 15.8 Å². The maximum Gasteiger partial charge on any atom is 0.266 e. The van der Waals surface area contributed by atoms with Crippen LogP contribution in [0.5, 0.6) is 5.75 Å². The van der Waals surface area contributed by atoms with Gasteiger partial charge >= 0.3 is 0 Å². The van der Waals surface area contributed by atoms with Crippen molar-refractivity contribution in [1.29, 1.82) is 0 Å². The zero-order valence-electron chi connectivity index (χ0n) is 12.6. The number of carbonyl (C=O) groups excluding carboxylic acids is 2. The molecule has 5 heteroatoms. The van der Waals surface area contributed by atoms with Gasteiger partial charge in [0.1, 0.15) is 5.75 Å². The Morgan fingerprint density at radius 2 is 1.70 bits per heavy atom. The minimum atomic E-state index is -0.726. The average Bonchev–Trinajstić information content (AvgIpc) is 3.37. The van der Waals surface area contributed by atoms with Crippen LogP contribution in [0.15, 0.2) is 54.6 Å². The Balaban J connectivity index is 1.80. The van der Waals surface area contributed by atoms with Gasteiger partial charge in [-0.3, -0.25) is 9.59 Å². The van der Waals surface area contributed by atoms with Gasteiger partial charge in [-0.05, 0) is 37.1 Å². The van der Waals surface area contributed by atoms with Crippen molar-refractivity contribution in [3.63, 3.8) is 0 Å². The van der Waals surface area contributed by atoms with Gasteiger partial charge in [-0.25, -0.2) is 0 Å². The van der Waals surface area contributed by atoms with Crippen LogP contribution in [0.3, 0.4) is 0 Å². The summed E-state index contributed by atoms with van der Waals surface area (Å²) in [7, 11) is 0. The third-order valence-corrected chi connectivity index (χ3v) is 3.66. The molecule has 0 spiro atoms. The second-order valence-electron chi connectivity index (χ2n) is 5.58. The van der Waals surface area contributed by atoms with Crippen molar-refractivity contribution in [2.45, 2.75) is 25.0 Å². The summed E-state index contributed by atoms with van der Waals surface area (Å²) in [6.45, 7) is 0. The molecule has 3 N–H and O–H groups in total. The highest BCUT2D eigenvalue weighted by Gasteiger charge is 2.29. The van der Waals surface area contributed by atoms with E-state index >= 15 is 0 Å². The molecule has 1 saturated carbocycles. The number of carbonyl (C=O) groups is 2. The molecule has 0 heterocycles. The molecular weight excluding hydrogens is 292 g/mol. The minimum absolute atomic E-state index is 0.155. The van der Waals surface area contributed by atoms with Crippen molar-refractivity contribution >= 4 is 11.8 Å². The van der Waals surface area contributed by atoms with Gasteiger partial charge in [0.25, 0.3) is 5.91 Å². The fraction of sp³-hybridized carbons (Fsp3) is 0.222. The Morgan fingerprint density at radius 3 is 2.26 bits per heavy atom. The van der Waals surface area contributed by atoms with Crippen LogP contribution in [0.1, 0.15) is 34.9 Å². The van der Waals surface area contributed by atoms with Crippen molar-refractivity contribution in [1.82, 2.24) is 5.32 Å². The molecule has 1 aliphatic rings. The van der Waals surface area contributed by atoms with Gasteiger partial charge in [-0.2, -0.15) is 0 Å². The van der Waals surface area contributed by atoms with E-state index in [1.807, 2.05) is 30.3 Å². The molecule has 1 aliphatic carbocycles. The number of ether oxygens (including phenoxy) is 1. The first-order valence-corrected chi connectivity index (χ1v) is 7.55. The molecule has 5 nitrogen and oxygen atoms in total. The van der Waals surface area contributed by atoms with E-state index < -0.39 is 12.0 Å². The zero-order valence-corrected chi connectivity index (χ0v) is 12.6. The quantitative estimate of drug-likeness (QED) is 0.858. The van der Waals surface area contributed by atoms with Crippen molar-refractivity contribution in [2.75, 3.05) is 0 Å². The molecular formula is C18H18N2O3. The monoisotopic (exact) mass is 310 g/mol. The number of rotatable bonds is 6. The Bertz CT molecular complexity index is 694. The van der Waals surface area contributed by atoms with Crippen LogP contribution in [-0.2, 0) is 4.79 Å². The summed E-state index contributed by atoms with van der Waals surface area (Å²) in [5.41, 5.74) is 6.40. The van der Waals surface area contributed by atoms with E-state index in [4.69, 9.17) is 10.5 Å². The van der Waals surface area contributed by atoms with Gasteiger partial charge in [-0.1, -0.05) is 30.3 Å². The van der Waals surface area contributed by atoms with E-state index in [1.54, 1.807) is 24.3 Å². The topological polar surface area (TPSA) is 81.4 Å². The minimum Gasteiger partial charge on any atom is -0.476 e. The van der Waals surface area contributed by atoms with E-state index in [9.17, 15) is 9.59 Å². The molecule has 0 aliphatic heterocycles. The maximum atomic E-state index is 12.5. The lowest BCUT2D eigenvalue weighted by Crippen LogP contribution is -2.33. The average molecular weight is 310 g/mol. The molecule has 0 aromatic heterocycles. The predicted octanol–water partition coefficient (Wildman–Crippen LogP) is 2.18. The standard InChI is InChI=1S/C18H18N2O3/c19-17(21)13-6-10-15(11-7-13)23-16(12-4-2-1-3-5-12)18(22)20-14-8-9-14/h1-7,10-11,14,16H,8-9H2,(H2,19,21)(H,20,22)/t16-/m0/s1. The van der Waals surface area contributed by atoms with Crippen molar-refractivity contribution in [2.24, 2.45) is 5.73 Å². The molecule has 23 heavy (non-hydrogen) atoms. The summed E-state index contributed by atoms with van der Waals surface area (Å²) in [5, 5.41) is 2.96. The number of hydrogen-bond acceptors (Lipinski definition) is 3. The smallest absolute Gasteiger partial charge is 0.266 e. The molecule has 0 saturated heterocycles. The number of primary amides is 1. The summed E-state index contributed by atoms with van der Waals surface area (Å²) >= 11 is 0. The lowest BCUT2D eigenvalue weighted by Gasteiger charge is -2.19. The molecule has 0 radical (unpaired) electrons. The van der Waals surface area contributed by atoms with Gasteiger partial charge in [-0.15, -0.1) is 0 Å². The van der Waals surface area contributed by atoms with Crippen LogP contribution in [0.25, 0.3) is 0 Å². The van der Waals surface area contributed by atoms with Crippen molar-refractivity contribution in [3.8, 4) is 5.75 Å². The van der Waals surface area contributed by atoms with Gasteiger partial charge in [0.05, 0.1) is 0 Å². The number of benzene rings is 2. The van der Waals surface area contributed by atoms with Crippen LogP contribution in [0.4, 0.5) is 0 Å². The van der Waals surface area contributed by atoms with Gasteiger partial charge in [0.15, 0.2) is 0 Å². The molecule has 0 unspecified atom stereocenters. The third-order valence-electron chi connectivity index (χ3n) is 3.66. The Morgan fingerprint density at radius 1 is 1.04 bits per heavy atom. The zero-order chi connectivity index (χ0) is 16.2. The fourth-order valence-corrected chi connectivity index (χ4v) is 2.24. The van der Waals surface area contributed by atoms with Crippen LogP contribution < -0.4 is 15.8 Å². The predicted molar refractivity (Wildman–Crippen MR) is 85.9 cm³/mol. The summed E-state index contributed by atoms with van der Waals surface area (Å²) < 4.78 is 5.86. The summed E-state index contributed by atoms with van der Waals surface area (Å²) in [5.74, 6) is -0.143. The molecule has 0 bridgehead atoms. The van der Waals surface area contributed by atoms with E-state index in [0.29, 0.717) is 11.3 Å². The van der Waals surface area contributed by atoms with E-state index in [0.717, 1.165) is 18.4 Å². The van der Waals surface area contributed by atoms with Crippen molar-refractivity contribution in [3.05, 3.63) is 65.7 Å². The first-order chi connectivity index (χ1) is 11.1. The van der Waals surface area contributed by atoms with Crippen LogP contribution in [-0.4, -0.2) is 17.9 Å². The Labute approximate surface area is 134 Å².